The molecule has 118 valence electrons. The van der Waals surface area contributed by atoms with Crippen LogP contribution in [0.4, 0.5) is 4.39 Å². The van der Waals surface area contributed by atoms with Crippen molar-refractivity contribution in [2.75, 3.05) is 14.1 Å². The van der Waals surface area contributed by atoms with Gasteiger partial charge in [0.1, 0.15) is 5.82 Å². The third-order valence-corrected chi connectivity index (χ3v) is 5.67. The third-order valence-electron chi connectivity index (χ3n) is 4.89. The van der Waals surface area contributed by atoms with Gasteiger partial charge < -0.3 is 4.90 Å². The Bertz CT molecular complexity index is 473. The Hall–Kier alpha value is -0.490. The van der Waals surface area contributed by atoms with Gasteiger partial charge in [-0.1, -0.05) is 35.2 Å². The number of nitrogens with zero attached hydrogens (tertiary/aromatic N) is 1. The van der Waals surface area contributed by atoms with Crippen LogP contribution in [-0.4, -0.2) is 30.6 Å². The first-order valence-electron chi connectivity index (χ1n) is 7.57. The monoisotopic (exact) mass is 357 g/mol. The molecule has 1 atom stereocenters. The van der Waals surface area contributed by atoms with E-state index in [1.54, 1.807) is 12.1 Å². The molecule has 1 saturated carbocycles. The van der Waals surface area contributed by atoms with Gasteiger partial charge in [0.2, 0.25) is 0 Å². The first-order valence-corrected chi connectivity index (χ1v) is 8.36. The van der Waals surface area contributed by atoms with E-state index in [9.17, 15) is 4.39 Å². The summed E-state index contributed by atoms with van der Waals surface area (Å²) in [6, 6.07) is 4.94. The number of rotatable bonds is 5. The van der Waals surface area contributed by atoms with Crippen molar-refractivity contribution < 1.29 is 4.39 Å². The van der Waals surface area contributed by atoms with Crippen molar-refractivity contribution in [2.45, 2.75) is 50.1 Å². The molecule has 1 aliphatic rings. The Labute approximate surface area is 135 Å². The average molecular weight is 358 g/mol. The maximum absolute atomic E-state index is 13.5. The van der Waals surface area contributed by atoms with Crippen molar-refractivity contribution in [2.24, 2.45) is 5.84 Å². The van der Waals surface area contributed by atoms with Crippen LogP contribution in [0.3, 0.4) is 0 Å². The molecule has 0 bridgehead atoms. The van der Waals surface area contributed by atoms with E-state index in [0.717, 1.165) is 22.9 Å². The van der Waals surface area contributed by atoms with Crippen molar-refractivity contribution in [1.82, 2.24) is 10.3 Å². The fraction of sp³-hybridized carbons (Fsp3) is 0.625. The van der Waals surface area contributed by atoms with Gasteiger partial charge in [-0.25, -0.2) is 4.39 Å². The molecule has 0 heterocycles. The summed E-state index contributed by atoms with van der Waals surface area (Å²) >= 11 is 3.52. The molecular formula is C16H25BrFN3. The smallest absolute Gasteiger partial charge is 0.123 e. The molecule has 1 unspecified atom stereocenters. The molecule has 0 aromatic heterocycles. The fourth-order valence-electron chi connectivity index (χ4n) is 3.60. The maximum atomic E-state index is 13.5. The number of likely N-dealkylation sites (N-methyl/N-ethyl adjacent to an activating group) is 1. The van der Waals surface area contributed by atoms with Crippen molar-refractivity contribution in [3.8, 4) is 0 Å². The van der Waals surface area contributed by atoms with Crippen molar-refractivity contribution in [1.29, 1.82) is 0 Å². The van der Waals surface area contributed by atoms with Gasteiger partial charge >= 0.3 is 0 Å². The molecule has 1 aromatic carbocycles. The van der Waals surface area contributed by atoms with E-state index in [1.807, 2.05) is 0 Å². The Kier molecular flexibility index (Phi) is 5.77. The summed E-state index contributed by atoms with van der Waals surface area (Å²) in [5, 5.41) is 0. The van der Waals surface area contributed by atoms with Crippen LogP contribution in [0.1, 0.15) is 37.7 Å². The van der Waals surface area contributed by atoms with E-state index in [-0.39, 0.29) is 17.4 Å². The number of nitrogens with one attached hydrogen (secondary N) is 1. The highest BCUT2D eigenvalue weighted by atomic mass is 79.9. The Balaban J connectivity index is 2.26. The number of halogens is 2. The summed E-state index contributed by atoms with van der Waals surface area (Å²) in [4.78, 5) is 2.30. The predicted octanol–water partition coefficient (Wildman–Crippen LogP) is 3.23. The Morgan fingerprint density at radius 2 is 2.00 bits per heavy atom. The van der Waals surface area contributed by atoms with Gasteiger partial charge in [-0.05, 0) is 57.1 Å². The Morgan fingerprint density at radius 3 is 2.57 bits per heavy atom. The molecule has 2 rings (SSSR count). The second kappa shape index (κ2) is 7.18. The van der Waals surface area contributed by atoms with E-state index in [4.69, 9.17) is 5.84 Å². The lowest BCUT2D eigenvalue weighted by atomic mass is 9.73. The molecular weight excluding hydrogens is 333 g/mol. The molecule has 1 fully saturated rings. The zero-order valence-corrected chi connectivity index (χ0v) is 14.4. The molecule has 3 N–H and O–H groups in total. The molecule has 21 heavy (non-hydrogen) atoms. The van der Waals surface area contributed by atoms with Gasteiger partial charge in [0.05, 0.1) is 0 Å². The highest BCUT2D eigenvalue weighted by Crippen LogP contribution is 2.36. The number of benzene rings is 1. The van der Waals surface area contributed by atoms with Crippen molar-refractivity contribution in [3.63, 3.8) is 0 Å². The van der Waals surface area contributed by atoms with Gasteiger partial charge in [0.15, 0.2) is 0 Å². The van der Waals surface area contributed by atoms with Crippen LogP contribution in [0, 0.1) is 5.82 Å². The van der Waals surface area contributed by atoms with Gasteiger partial charge in [0, 0.05) is 16.1 Å². The number of hydrogen-bond acceptors (Lipinski definition) is 3. The molecule has 1 aromatic rings. The van der Waals surface area contributed by atoms with Crippen molar-refractivity contribution in [3.05, 3.63) is 34.1 Å². The van der Waals surface area contributed by atoms with Crippen LogP contribution < -0.4 is 11.3 Å². The van der Waals surface area contributed by atoms with E-state index in [0.29, 0.717) is 6.42 Å². The summed E-state index contributed by atoms with van der Waals surface area (Å²) in [5.41, 5.74) is 4.01. The SMILES string of the molecule is CN(C)C1(C(Cc2cc(F)ccc2Br)NN)CCCCC1. The zero-order valence-electron chi connectivity index (χ0n) is 12.8. The van der Waals surface area contributed by atoms with Gasteiger partial charge in [-0.15, -0.1) is 0 Å². The lowest BCUT2D eigenvalue weighted by Gasteiger charge is -2.48. The third kappa shape index (κ3) is 3.65. The minimum atomic E-state index is -0.202. The predicted molar refractivity (Wildman–Crippen MR) is 88.4 cm³/mol. The second-order valence-electron chi connectivity index (χ2n) is 6.22. The minimum Gasteiger partial charge on any atom is -0.302 e. The Morgan fingerprint density at radius 1 is 1.33 bits per heavy atom. The van der Waals surface area contributed by atoms with E-state index < -0.39 is 0 Å². The van der Waals surface area contributed by atoms with E-state index in [2.05, 4.69) is 40.4 Å². The van der Waals surface area contributed by atoms with Crippen molar-refractivity contribution >= 4 is 15.9 Å². The lowest BCUT2D eigenvalue weighted by Crippen LogP contribution is -2.62. The summed E-state index contributed by atoms with van der Waals surface area (Å²) in [6.45, 7) is 0. The van der Waals surface area contributed by atoms with Gasteiger partial charge in [0.25, 0.3) is 0 Å². The highest BCUT2D eigenvalue weighted by molar-refractivity contribution is 9.10. The second-order valence-corrected chi connectivity index (χ2v) is 7.07. The highest BCUT2D eigenvalue weighted by Gasteiger charge is 2.41. The molecule has 3 nitrogen and oxygen atoms in total. The molecule has 0 spiro atoms. The first-order chi connectivity index (χ1) is 9.99. The van der Waals surface area contributed by atoms with Crippen LogP contribution in [-0.2, 0) is 6.42 Å². The topological polar surface area (TPSA) is 41.3 Å². The van der Waals surface area contributed by atoms with Gasteiger partial charge in [-0.3, -0.25) is 11.3 Å². The van der Waals surface area contributed by atoms with Crippen LogP contribution in [0.5, 0.6) is 0 Å². The lowest BCUT2D eigenvalue weighted by molar-refractivity contribution is 0.0568. The van der Waals surface area contributed by atoms with Crippen LogP contribution in [0.2, 0.25) is 0 Å². The fourth-order valence-corrected chi connectivity index (χ4v) is 4.00. The molecule has 5 heteroatoms. The summed E-state index contributed by atoms with van der Waals surface area (Å²) in [7, 11) is 4.24. The molecule has 0 radical (unpaired) electrons. The quantitative estimate of drug-likeness (QED) is 0.627. The number of hydrogen-bond donors (Lipinski definition) is 2. The standard InChI is InChI=1S/C16H25BrFN3/c1-21(2)16(8-4-3-5-9-16)15(20-19)11-12-10-13(18)6-7-14(12)17/h6-7,10,15,20H,3-5,8-9,11,19H2,1-2H3. The summed E-state index contributed by atoms with van der Waals surface area (Å²) in [6.07, 6.45) is 6.70. The number of nitrogens with two attached hydrogens (primary N) is 1. The number of hydrazine groups is 1. The maximum Gasteiger partial charge on any atom is 0.123 e. The van der Waals surface area contributed by atoms with Crippen LogP contribution in [0.15, 0.2) is 22.7 Å². The first kappa shape index (κ1) is 16.9. The molecule has 0 amide bonds. The average Bonchev–Trinajstić information content (AvgIpc) is 2.48. The molecule has 1 aliphatic carbocycles. The summed E-state index contributed by atoms with van der Waals surface area (Å²) < 4.78 is 14.5. The zero-order chi connectivity index (χ0) is 15.5. The minimum absolute atomic E-state index is 0.0404. The molecule has 0 aliphatic heterocycles. The van der Waals surface area contributed by atoms with Crippen LogP contribution >= 0.6 is 15.9 Å². The van der Waals surface area contributed by atoms with E-state index in [1.165, 1.54) is 25.3 Å². The largest absolute Gasteiger partial charge is 0.302 e. The van der Waals surface area contributed by atoms with E-state index >= 15 is 0 Å². The normalized spacial score (nSPS) is 19.7. The molecule has 0 saturated heterocycles. The summed E-state index contributed by atoms with van der Waals surface area (Å²) in [5.74, 6) is 5.67. The van der Waals surface area contributed by atoms with Gasteiger partial charge in [-0.2, -0.15) is 0 Å². The van der Waals surface area contributed by atoms with Crippen LogP contribution in [0.25, 0.3) is 0 Å².